The molecule has 0 bridgehead atoms. The van der Waals surface area contributed by atoms with Crippen LogP contribution in [-0.2, 0) is 4.79 Å². The van der Waals surface area contributed by atoms with Crippen LogP contribution in [0, 0.1) is 5.41 Å². The number of benzene rings is 2. The summed E-state index contributed by atoms with van der Waals surface area (Å²) >= 11 is 0.779. The minimum absolute atomic E-state index is 0.0228. The number of carboxylic acids is 1. The molecular weight excluding hydrogens is 366 g/mol. The van der Waals surface area contributed by atoms with Gasteiger partial charge in [-0.1, -0.05) is 30.0 Å². The molecule has 0 saturated carbocycles. The van der Waals surface area contributed by atoms with E-state index >= 15 is 0 Å². The van der Waals surface area contributed by atoms with Crippen LogP contribution in [-0.4, -0.2) is 34.9 Å². The quantitative estimate of drug-likeness (QED) is 0.457. The minimum Gasteiger partial charge on any atom is -0.497 e. The van der Waals surface area contributed by atoms with Crippen molar-refractivity contribution in [1.29, 1.82) is 5.41 Å². The van der Waals surface area contributed by atoms with E-state index < -0.39 is 5.97 Å². The molecule has 2 aromatic carbocycles. The Morgan fingerprint density at radius 2 is 1.96 bits per heavy atom. The molecule has 0 radical (unpaired) electrons. The highest BCUT2D eigenvalue weighted by molar-refractivity contribution is 8.14. The van der Waals surface area contributed by atoms with Crippen molar-refractivity contribution in [2.24, 2.45) is 10.7 Å². The Kier molecular flexibility index (Phi) is 5.46. The fraction of sp³-hybridized carbons (Fsp3) is 0.105. The zero-order chi connectivity index (χ0) is 19.4. The second-order valence-electron chi connectivity index (χ2n) is 5.58. The predicted octanol–water partition coefficient (Wildman–Crippen LogP) is 3.57. The predicted molar refractivity (Wildman–Crippen MR) is 107 cm³/mol. The first-order valence-electron chi connectivity index (χ1n) is 7.92. The van der Waals surface area contributed by atoms with Gasteiger partial charge in [0.05, 0.1) is 12.9 Å². The van der Waals surface area contributed by atoms with Gasteiger partial charge in [0.15, 0.2) is 16.8 Å². The number of carbonyl (C=O) groups is 1. The molecule has 4 N–H and O–H groups in total. The number of thioether (sulfide) groups is 1. The summed E-state index contributed by atoms with van der Waals surface area (Å²) in [6.07, 6.45) is 0. The third-order valence-electron chi connectivity index (χ3n) is 3.74. The number of aliphatic carboxylic acids is 1. The second kappa shape index (κ2) is 7.96. The topological polar surface area (TPSA) is 122 Å². The van der Waals surface area contributed by atoms with E-state index in [2.05, 4.69) is 4.99 Å². The van der Waals surface area contributed by atoms with Gasteiger partial charge in [-0.2, -0.15) is 0 Å². The number of rotatable bonds is 5. The van der Waals surface area contributed by atoms with Crippen molar-refractivity contribution in [3.8, 4) is 17.1 Å². The van der Waals surface area contributed by atoms with E-state index in [1.165, 1.54) is 0 Å². The van der Waals surface area contributed by atoms with Gasteiger partial charge in [-0.25, -0.2) is 4.99 Å². The van der Waals surface area contributed by atoms with Gasteiger partial charge < -0.3 is 20.0 Å². The van der Waals surface area contributed by atoms with E-state index in [0.29, 0.717) is 11.5 Å². The first kappa shape index (κ1) is 18.5. The molecule has 0 unspecified atom stereocenters. The summed E-state index contributed by atoms with van der Waals surface area (Å²) in [6.45, 7) is 0. The highest BCUT2D eigenvalue weighted by Crippen LogP contribution is 2.28. The lowest BCUT2D eigenvalue weighted by atomic mass is 10.1. The lowest BCUT2D eigenvalue weighted by Crippen LogP contribution is -2.14. The Bertz CT molecular complexity index is 1040. The third kappa shape index (κ3) is 4.48. The normalized spacial score (nSPS) is 11.5. The number of nitrogens with one attached hydrogen (secondary N) is 1. The number of amidine groups is 2. The molecule has 0 aliphatic heterocycles. The molecule has 8 heteroatoms. The zero-order valence-electron chi connectivity index (χ0n) is 14.4. The van der Waals surface area contributed by atoms with Gasteiger partial charge in [-0.3, -0.25) is 10.2 Å². The van der Waals surface area contributed by atoms with Crippen molar-refractivity contribution in [2.75, 3.05) is 12.9 Å². The van der Waals surface area contributed by atoms with Gasteiger partial charge in [0.2, 0.25) is 0 Å². The molecule has 3 aromatic rings. The van der Waals surface area contributed by atoms with Gasteiger partial charge in [0, 0.05) is 5.56 Å². The van der Waals surface area contributed by atoms with Crippen molar-refractivity contribution < 1.29 is 19.1 Å². The Balaban J connectivity index is 1.81. The number of carboxylic acid groups (broad SMARTS) is 1. The number of ether oxygens (including phenoxy) is 1. The van der Waals surface area contributed by atoms with Crippen molar-refractivity contribution in [3.05, 3.63) is 54.3 Å². The molecular formula is C19H17N3O4S. The standard InChI is InChI=1S/C19H17N3O4S/c1-25-14-5-4-11-8-13(3-2-12(11)9-14)15-6-7-16(26-15)18(20)22-19(21)27-10-17(23)24/h2-9H,10H2,1H3,(H,23,24)(H3,20,21,22). The molecule has 0 aliphatic rings. The van der Waals surface area contributed by atoms with E-state index in [4.69, 9.17) is 25.4 Å². The SMILES string of the molecule is COc1ccc2cc(-c3ccc(C(N)=NC(=N)SCC(=O)O)o3)ccc2c1. The highest BCUT2D eigenvalue weighted by Gasteiger charge is 2.10. The van der Waals surface area contributed by atoms with Crippen LogP contribution in [0.15, 0.2) is 57.9 Å². The summed E-state index contributed by atoms with van der Waals surface area (Å²) in [6, 6.07) is 15.2. The molecule has 0 fully saturated rings. The van der Waals surface area contributed by atoms with Gasteiger partial charge >= 0.3 is 5.97 Å². The maximum Gasteiger partial charge on any atom is 0.313 e. The first-order chi connectivity index (χ1) is 13.0. The number of furan rings is 1. The Morgan fingerprint density at radius 1 is 1.22 bits per heavy atom. The largest absolute Gasteiger partial charge is 0.497 e. The number of methoxy groups -OCH3 is 1. The fourth-order valence-corrected chi connectivity index (χ4v) is 2.88. The van der Waals surface area contributed by atoms with Crippen LogP contribution in [0.4, 0.5) is 0 Å². The summed E-state index contributed by atoms with van der Waals surface area (Å²) in [7, 11) is 1.63. The van der Waals surface area contributed by atoms with Gasteiger partial charge in [-0.05, 0) is 41.1 Å². The molecule has 138 valence electrons. The van der Waals surface area contributed by atoms with Crippen molar-refractivity contribution in [3.63, 3.8) is 0 Å². The van der Waals surface area contributed by atoms with Crippen LogP contribution in [0.5, 0.6) is 5.75 Å². The molecule has 0 saturated heterocycles. The molecule has 27 heavy (non-hydrogen) atoms. The van der Waals surface area contributed by atoms with Crippen LogP contribution in [0.1, 0.15) is 5.76 Å². The Morgan fingerprint density at radius 3 is 2.70 bits per heavy atom. The van der Waals surface area contributed by atoms with Crippen molar-refractivity contribution in [1.82, 2.24) is 0 Å². The van der Waals surface area contributed by atoms with Crippen LogP contribution in [0.3, 0.4) is 0 Å². The van der Waals surface area contributed by atoms with E-state index in [1.807, 2.05) is 36.4 Å². The zero-order valence-corrected chi connectivity index (χ0v) is 15.2. The van der Waals surface area contributed by atoms with Gasteiger partial charge in [0.25, 0.3) is 0 Å². The Hall–Kier alpha value is -3.26. The van der Waals surface area contributed by atoms with E-state index in [-0.39, 0.29) is 16.8 Å². The summed E-state index contributed by atoms with van der Waals surface area (Å²) in [5.74, 6) is 0.483. The smallest absolute Gasteiger partial charge is 0.313 e. The molecule has 1 aromatic heterocycles. The first-order valence-corrected chi connectivity index (χ1v) is 8.90. The monoisotopic (exact) mass is 383 g/mol. The maximum atomic E-state index is 10.5. The summed E-state index contributed by atoms with van der Waals surface area (Å²) in [5.41, 5.74) is 6.73. The molecule has 0 aliphatic carbocycles. The third-order valence-corrected chi connectivity index (χ3v) is 4.50. The lowest BCUT2D eigenvalue weighted by Gasteiger charge is -2.04. The minimum atomic E-state index is -1.02. The molecule has 3 rings (SSSR count). The van der Waals surface area contributed by atoms with E-state index in [0.717, 1.165) is 33.8 Å². The lowest BCUT2D eigenvalue weighted by molar-refractivity contribution is -0.133. The van der Waals surface area contributed by atoms with E-state index in [1.54, 1.807) is 19.2 Å². The molecule has 0 spiro atoms. The van der Waals surface area contributed by atoms with Gasteiger partial charge in [-0.15, -0.1) is 0 Å². The Labute approximate surface area is 159 Å². The van der Waals surface area contributed by atoms with Gasteiger partial charge in [0.1, 0.15) is 11.5 Å². The molecule has 0 atom stereocenters. The number of hydrogen-bond acceptors (Lipinski definition) is 5. The van der Waals surface area contributed by atoms with Crippen LogP contribution < -0.4 is 10.5 Å². The summed E-state index contributed by atoms with van der Waals surface area (Å²) < 4.78 is 11.0. The van der Waals surface area contributed by atoms with E-state index in [9.17, 15) is 4.79 Å². The van der Waals surface area contributed by atoms with Crippen LogP contribution in [0.25, 0.3) is 22.1 Å². The maximum absolute atomic E-state index is 10.5. The number of nitrogens with zero attached hydrogens (tertiary/aromatic N) is 1. The van der Waals surface area contributed by atoms with Crippen LogP contribution >= 0.6 is 11.8 Å². The molecule has 1 heterocycles. The summed E-state index contributed by atoms with van der Waals surface area (Å²) in [4.78, 5) is 14.4. The molecule has 7 nitrogen and oxygen atoms in total. The summed E-state index contributed by atoms with van der Waals surface area (Å²) in [5, 5.41) is 18.2. The fourth-order valence-electron chi connectivity index (χ4n) is 2.46. The average molecular weight is 383 g/mol. The van der Waals surface area contributed by atoms with Crippen molar-refractivity contribution >= 4 is 39.5 Å². The number of nitrogens with two attached hydrogens (primary N) is 1. The van der Waals surface area contributed by atoms with Crippen molar-refractivity contribution in [2.45, 2.75) is 0 Å². The number of hydrogen-bond donors (Lipinski definition) is 3. The number of aliphatic imine (C=N–C) groups is 1. The number of fused-ring (bicyclic) bond motifs is 1. The van der Waals surface area contributed by atoms with Crippen LogP contribution in [0.2, 0.25) is 0 Å². The second-order valence-corrected chi connectivity index (χ2v) is 6.54. The molecule has 0 amide bonds. The average Bonchev–Trinajstić information content (AvgIpc) is 3.16. The highest BCUT2D eigenvalue weighted by atomic mass is 32.2.